The summed E-state index contributed by atoms with van der Waals surface area (Å²) in [5, 5.41) is 2.62. The molecule has 1 fully saturated rings. The van der Waals surface area contributed by atoms with Crippen molar-refractivity contribution in [2.24, 2.45) is 0 Å². The average molecular weight is 344 g/mol. The summed E-state index contributed by atoms with van der Waals surface area (Å²) in [6.07, 6.45) is 0. The molecule has 2 rings (SSSR count). The van der Waals surface area contributed by atoms with Gasteiger partial charge in [-0.05, 0) is 32.0 Å². The molecule has 0 aromatic heterocycles. The predicted molar refractivity (Wildman–Crippen MR) is 81.4 cm³/mol. The zero-order valence-electron chi connectivity index (χ0n) is 11.7. The number of rotatable bonds is 2. The molecule has 1 saturated heterocycles. The van der Waals surface area contributed by atoms with Crippen LogP contribution in [0.25, 0.3) is 0 Å². The van der Waals surface area contributed by atoms with Gasteiger partial charge >= 0.3 is 6.03 Å². The first-order valence-electron chi connectivity index (χ1n) is 6.72. The quantitative estimate of drug-likeness (QED) is 0.895. The molecule has 0 atom stereocenters. The number of hydrogen-bond donors (Lipinski definition) is 1. The molecule has 6 heteroatoms. The van der Waals surface area contributed by atoms with Gasteiger partial charge in [0.2, 0.25) is 0 Å². The number of hydrogen-bond acceptors (Lipinski definition) is 2. The lowest BCUT2D eigenvalue weighted by atomic mass is 10.2. The van der Waals surface area contributed by atoms with Crippen molar-refractivity contribution >= 4 is 27.6 Å². The number of benzene rings is 1. The summed E-state index contributed by atoms with van der Waals surface area (Å²) in [7, 11) is 0. The van der Waals surface area contributed by atoms with E-state index in [1.165, 1.54) is 6.07 Å². The highest BCUT2D eigenvalue weighted by atomic mass is 79.9. The number of amides is 2. The number of carbonyl (C=O) groups is 1. The van der Waals surface area contributed by atoms with Crippen LogP contribution in [0.2, 0.25) is 0 Å². The number of halogens is 2. The van der Waals surface area contributed by atoms with Crippen LogP contribution >= 0.6 is 15.9 Å². The first-order chi connectivity index (χ1) is 9.47. The maximum Gasteiger partial charge on any atom is 0.322 e. The van der Waals surface area contributed by atoms with E-state index in [-0.39, 0.29) is 11.7 Å². The van der Waals surface area contributed by atoms with Crippen molar-refractivity contribution in [3.8, 4) is 0 Å². The predicted octanol–water partition coefficient (Wildman–Crippen LogP) is 3.15. The van der Waals surface area contributed by atoms with E-state index in [4.69, 9.17) is 0 Å². The van der Waals surface area contributed by atoms with Crippen molar-refractivity contribution in [1.29, 1.82) is 0 Å². The zero-order valence-corrected chi connectivity index (χ0v) is 13.3. The highest BCUT2D eigenvalue weighted by Gasteiger charge is 2.22. The van der Waals surface area contributed by atoms with Crippen molar-refractivity contribution < 1.29 is 9.18 Å². The van der Waals surface area contributed by atoms with Gasteiger partial charge in [0, 0.05) is 36.7 Å². The van der Waals surface area contributed by atoms with Crippen LogP contribution in [0, 0.1) is 5.82 Å². The molecule has 1 N–H and O–H groups in total. The van der Waals surface area contributed by atoms with Gasteiger partial charge in [-0.15, -0.1) is 0 Å². The van der Waals surface area contributed by atoms with Gasteiger partial charge in [-0.25, -0.2) is 9.18 Å². The first-order valence-corrected chi connectivity index (χ1v) is 7.51. The number of piperazine rings is 1. The molecule has 1 aliphatic heterocycles. The number of carbonyl (C=O) groups excluding carboxylic acids is 1. The molecule has 110 valence electrons. The van der Waals surface area contributed by atoms with Crippen LogP contribution in [0.5, 0.6) is 0 Å². The van der Waals surface area contributed by atoms with Gasteiger partial charge in [0.15, 0.2) is 0 Å². The van der Waals surface area contributed by atoms with E-state index in [0.717, 1.165) is 13.1 Å². The Balaban J connectivity index is 1.93. The maximum atomic E-state index is 13.7. The van der Waals surface area contributed by atoms with Gasteiger partial charge in [-0.2, -0.15) is 0 Å². The molecular formula is C14H19BrFN3O. The topological polar surface area (TPSA) is 35.6 Å². The number of nitrogens with one attached hydrogen (secondary N) is 1. The third-order valence-corrected chi connectivity index (χ3v) is 4.00. The van der Waals surface area contributed by atoms with Crippen molar-refractivity contribution in [2.75, 3.05) is 31.5 Å². The fourth-order valence-corrected chi connectivity index (χ4v) is 2.56. The Morgan fingerprint density at radius 2 is 1.95 bits per heavy atom. The van der Waals surface area contributed by atoms with Crippen LogP contribution in [0.4, 0.5) is 14.9 Å². The van der Waals surface area contributed by atoms with Crippen LogP contribution in [0.3, 0.4) is 0 Å². The Labute approximate surface area is 127 Å². The Hall–Kier alpha value is -1.14. The lowest BCUT2D eigenvalue weighted by molar-refractivity contribution is 0.125. The summed E-state index contributed by atoms with van der Waals surface area (Å²) in [5.74, 6) is -0.437. The van der Waals surface area contributed by atoms with Crippen LogP contribution in [-0.2, 0) is 0 Å². The van der Waals surface area contributed by atoms with E-state index < -0.39 is 5.82 Å². The molecule has 1 aromatic carbocycles. The van der Waals surface area contributed by atoms with Gasteiger partial charge in [0.05, 0.1) is 5.69 Å². The summed E-state index contributed by atoms with van der Waals surface area (Å²) in [5.41, 5.74) is 0.212. The Morgan fingerprint density at radius 3 is 2.50 bits per heavy atom. The third-order valence-electron chi connectivity index (χ3n) is 3.50. The van der Waals surface area contributed by atoms with E-state index in [0.29, 0.717) is 23.6 Å². The van der Waals surface area contributed by atoms with Crippen molar-refractivity contribution in [3.63, 3.8) is 0 Å². The van der Waals surface area contributed by atoms with Gasteiger partial charge in [0.1, 0.15) is 5.82 Å². The summed E-state index contributed by atoms with van der Waals surface area (Å²) in [6, 6.07) is 4.85. The molecule has 0 unspecified atom stereocenters. The van der Waals surface area contributed by atoms with Crippen LogP contribution in [0.1, 0.15) is 13.8 Å². The van der Waals surface area contributed by atoms with Gasteiger partial charge in [0.25, 0.3) is 0 Å². The largest absolute Gasteiger partial charge is 0.322 e. The van der Waals surface area contributed by atoms with E-state index in [1.807, 2.05) is 0 Å². The second kappa shape index (κ2) is 6.54. The smallest absolute Gasteiger partial charge is 0.322 e. The fourth-order valence-electron chi connectivity index (χ4n) is 2.23. The van der Waals surface area contributed by atoms with Crippen LogP contribution in [0.15, 0.2) is 22.7 Å². The molecule has 20 heavy (non-hydrogen) atoms. The van der Waals surface area contributed by atoms with E-state index in [1.54, 1.807) is 17.0 Å². The highest BCUT2D eigenvalue weighted by Crippen LogP contribution is 2.20. The second-order valence-corrected chi connectivity index (χ2v) is 6.09. The summed E-state index contributed by atoms with van der Waals surface area (Å²) >= 11 is 3.19. The summed E-state index contributed by atoms with van der Waals surface area (Å²) < 4.78 is 14.3. The molecule has 0 aliphatic carbocycles. The SMILES string of the molecule is CC(C)N1CCN(C(=O)Nc2ccc(Br)cc2F)CC1. The molecule has 0 radical (unpaired) electrons. The molecule has 1 aliphatic rings. The van der Waals surface area contributed by atoms with Gasteiger partial charge in [-0.1, -0.05) is 15.9 Å². The molecule has 0 saturated carbocycles. The van der Waals surface area contributed by atoms with Crippen LogP contribution in [-0.4, -0.2) is 48.1 Å². The lowest BCUT2D eigenvalue weighted by Gasteiger charge is -2.36. The maximum absolute atomic E-state index is 13.7. The number of urea groups is 1. The number of anilines is 1. The Morgan fingerprint density at radius 1 is 1.30 bits per heavy atom. The first kappa shape index (κ1) is 15.3. The van der Waals surface area contributed by atoms with Gasteiger partial charge in [-0.3, -0.25) is 4.90 Å². The minimum absolute atomic E-state index is 0.212. The summed E-state index contributed by atoms with van der Waals surface area (Å²) in [6.45, 7) is 7.34. The molecule has 0 bridgehead atoms. The molecule has 0 spiro atoms. The third kappa shape index (κ3) is 3.70. The molecular weight excluding hydrogens is 325 g/mol. The Kier molecular flexibility index (Phi) is 4.99. The minimum Gasteiger partial charge on any atom is -0.322 e. The summed E-state index contributed by atoms with van der Waals surface area (Å²) in [4.78, 5) is 16.1. The molecule has 4 nitrogen and oxygen atoms in total. The highest BCUT2D eigenvalue weighted by molar-refractivity contribution is 9.10. The molecule has 1 heterocycles. The monoisotopic (exact) mass is 343 g/mol. The van der Waals surface area contributed by atoms with E-state index in [9.17, 15) is 9.18 Å². The lowest BCUT2D eigenvalue weighted by Crippen LogP contribution is -2.51. The average Bonchev–Trinajstić information content (AvgIpc) is 2.42. The standard InChI is InChI=1S/C14H19BrFN3O/c1-10(2)18-5-7-19(8-6-18)14(20)17-13-4-3-11(15)9-12(13)16/h3-4,9-10H,5-8H2,1-2H3,(H,17,20). The van der Waals surface area contributed by atoms with Crippen molar-refractivity contribution in [2.45, 2.75) is 19.9 Å². The van der Waals surface area contributed by atoms with Crippen molar-refractivity contribution in [3.05, 3.63) is 28.5 Å². The second-order valence-electron chi connectivity index (χ2n) is 5.17. The molecule has 1 aromatic rings. The van der Waals surface area contributed by atoms with E-state index >= 15 is 0 Å². The van der Waals surface area contributed by atoms with E-state index in [2.05, 4.69) is 40.0 Å². The number of nitrogens with zero attached hydrogens (tertiary/aromatic N) is 2. The normalized spacial score (nSPS) is 16.6. The zero-order chi connectivity index (χ0) is 14.7. The minimum atomic E-state index is -0.437. The Bertz CT molecular complexity index is 487. The molecule has 2 amide bonds. The fraction of sp³-hybridized carbons (Fsp3) is 0.500. The van der Waals surface area contributed by atoms with Crippen molar-refractivity contribution in [1.82, 2.24) is 9.80 Å². The van der Waals surface area contributed by atoms with Gasteiger partial charge < -0.3 is 10.2 Å². The van der Waals surface area contributed by atoms with Crippen LogP contribution < -0.4 is 5.32 Å².